The Morgan fingerprint density at radius 1 is 1.60 bits per heavy atom. The summed E-state index contributed by atoms with van der Waals surface area (Å²) in [6.45, 7) is 0. The lowest BCUT2D eigenvalue weighted by atomic mass is 9.98. The fraction of sp³-hybridized carbons (Fsp3) is 0.143. The van der Waals surface area contributed by atoms with Crippen molar-refractivity contribution in [1.29, 1.82) is 0 Å². The van der Waals surface area contributed by atoms with Crippen LogP contribution in [-0.2, 0) is 4.79 Å². The van der Waals surface area contributed by atoms with Crippen LogP contribution in [0.5, 0.6) is 0 Å². The van der Waals surface area contributed by atoms with E-state index in [0.717, 1.165) is 12.2 Å². The van der Waals surface area contributed by atoms with Crippen molar-refractivity contribution in [2.75, 3.05) is 0 Å². The molecule has 0 saturated carbocycles. The first kappa shape index (κ1) is 10.8. The van der Waals surface area contributed by atoms with Crippen LogP contribution in [0.1, 0.15) is 0 Å². The van der Waals surface area contributed by atoms with E-state index >= 15 is 0 Å². The number of carbonyl (C=O) groups is 1. The summed E-state index contributed by atoms with van der Waals surface area (Å²) in [6.07, 6.45) is -0.105. The van der Waals surface area contributed by atoms with Crippen molar-refractivity contribution in [2.24, 2.45) is 0 Å². The Kier molecular flexibility index (Phi) is 2.75. The van der Waals surface area contributed by atoms with Crippen molar-refractivity contribution in [2.45, 2.75) is 6.10 Å². The molecule has 8 nitrogen and oxygen atoms in total. The minimum Gasteiger partial charge on any atom is -0.477 e. The summed E-state index contributed by atoms with van der Waals surface area (Å²) in [4.78, 5) is 22.6. The molecule has 1 aliphatic rings. The lowest BCUT2D eigenvalue weighted by Crippen LogP contribution is -2.33. The minimum absolute atomic E-state index is 0.490. The zero-order chi connectivity index (χ0) is 11.6. The molecule has 8 heteroatoms. The molecule has 0 heterocycles. The van der Waals surface area contributed by atoms with Gasteiger partial charge in [0.15, 0.2) is 0 Å². The molecule has 0 radical (unpaired) electrons. The molecular formula is C7H5N3O5. The average Bonchev–Trinajstić information content (AvgIpc) is 2.16. The van der Waals surface area contributed by atoms with Crippen molar-refractivity contribution in [1.82, 2.24) is 0 Å². The van der Waals surface area contributed by atoms with Crippen LogP contribution in [-0.4, -0.2) is 37.7 Å². The van der Waals surface area contributed by atoms with E-state index in [4.69, 9.17) is 10.6 Å². The number of aliphatic hydroxyl groups is 1. The maximum atomic E-state index is 10.6. The number of carboxylic acids is 1. The number of allylic oxidation sites excluding steroid dienone is 2. The lowest BCUT2D eigenvalue weighted by molar-refractivity contribution is -0.433. The summed E-state index contributed by atoms with van der Waals surface area (Å²) >= 11 is 0. The number of hydrogen-bond donors (Lipinski definition) is 2. The zero-order valence-corrected chi connectivity index (χ0v) is 7.19. The molecule has 15 heavy (non-hydrogen) atoms. The largest absolute Gasteiger partial charge is 0.477 e. The van der Waals surface area contributed by atoms with Gasteiger partial charge in [0.25, 0.3) is 5.70 Å². The number of rotatable bonds is 2. The third-order valence-electron chi connectivity index (χ3n) is 1.78. The normalized spacial score (nSPS) is 20.1. The van der Waals surface area contributed by atoms with Crippen LogP contribution in [0.25, 0.3) is 5.53 Å². The quantitative estimate of drug-likeness (QED) is 0.266. The third-order valence-corrected chi connectivity index (χ3v) is 1.78. The molecule has 1 atom stereocenters. The predicted octanol–water partition coefficient (Wildman–Crippen LogP) is -0.797. The maximum absolute atomic E-state index is 10.6. The summed E-state index contributed by atoms with van der Waals surface area (Å²) in [5, 5.41) is 28.3. The molecule has 0 fully saturated rings. The summed E-state index contributed by atoms with van der Waals surface area (Å²) in [7, 11) is 0. The highest BCUT2D eigenvalue weighted by atomic mass is 16.6. The van der Waals surface area contributed by atoms with Gasteiger partial charge in [-0.25, -0.2) is 4.79 Å². The molecule has 0 aromatic heterocycles. The first-order chi connectivity index (χ1) is 6.99. The molecule has 0 aliphatic heterocycles. The molecule has 0 aromatic carbocycles. The first-order valence-corrected chi connectivity index (χ1v) is 3.69. The number of aliphatic carboxylic acids is 1. The van der Waals surface area contributed by atoms with Crippen molar-refractivity contribution in [3.63, 3.8) is 0 Å². The Bertz CT molecular complexity index is 444. The van der Waals surface area contributed by atoms with Gasteiger partial charge >= 0.3 is 11.7 Å². The van der Waals surface area contributed by atoms with Crippen LogP contribution < -0.4 is 0 Å². The van der Waals surface area contributed by atoms with Gasteiger partial charge in [0.2, 0.25) is 6.10 Å². The molecule has 1 rings (SSSR count). The molecule has 0 bridgehead atoms. The van der Waals surface area contributed by atoms with Crippen LogP contribution >= 0.6 is 0 Å². The van der Waals surface area contributed by atoms with E-state index in [1.165, 1.54) is 0 Å². The third kappa shape index (κ3) is 1.80. The highest BCUT2D eigenvalue weighted by Crippen LogP contribution is 2.16. The van der Waals surface area contributed by atoms with E-state index < -0.39 is 34.0 Å². The summed E-state index contributed by atoms with van der Waals surface area (Å²) < 4.78 is 0. The fourth-order valence-electron chi connectivity index (χ4n) is 1.08. The molecule has 1 aliphatic carbocycles. The zero-order valence-electron chi connectivity index (χ0n) is 7.19. The summed E-state index contributed by atoms with van der Waals surface area (Å²) in [6, 6.07) is 0. The van der Waals surface area contributed by atoms with E-state index in [0.29, 0.717) is 0 Å². The van der Waals surface area contributed by atoms with Gasteiger partial charge in [0, 0.05) is 6.08 Å². The second-order valence-corrected chi connectivity index (χ2v) is 2.62. The minimum atomic E-state index is -1.85. The number of hydrogen-bond acceptors (Lipinski definition) is 4. The molecule has 0 spiro atoms. The van der Waals surface area contributed by atoms with E-state index in [2.05, 4.69) is 4.79 Å². The SMILES string of the molecule is [N-]=[N+]=C1C(C(=O)O)=CC=C([N+](=O)[O-])C1O. The van der Waals surface area contributed by atoms with Crippen LogP contribution in [0.15, 0.2) is 23.4 Å². The Labute approximate surface area is 82.5 Å². The Morgan fingerprint density at radius 3 is 2.60 bits per heavy atom. The van der Waals surface area contributed by atoms with Gasteiger partial charge in [0.05, 0.1) is 4.92 Å². The van der Waals surface area contributed by atoms with Crippen LogP contribution in [0, 0.1) is 10.1 Å². The highest BCUT2D eigenvalue weighted by Gasteiger charge is 2.41. The summed E-state index contributed by atoms with van der Waals surface area (Å²) in [5.74, 6) is -1.44. The average molecular weight is 211 g/mol. The highest BCUT2D eigenvalue weighted by molar-refractivity contribution is 6.20. The number of nitro groups is 1. The lowest BCUT2D eigenvalue weighted by Gasteiger charge is -2.07. The van der Waals surface area contributed by atoms with E-state index in [1.54, 1.807) is 0 Å². The first-order valence-electron chi connectivity index (χ1n) is 3.69. The van der Waals surface area contributed by atoms with Crippen LogP contribution in [0.2, 0.25) is 0 Å². The van der Waals surface area contributed by atoms with Crippen molar-refractivity contribution < 1.29 is 24.7 Å². The maximum Gasteiger partial charge on any atom is 0.345 e. The smallest absolute Gasteiger partial charge is 0.345 e. The van der Waals surface area contributed by atoms with Gasteiger partial charge in [0.1, 0.15) is 5.57 Å². The van der Waals surface area contributed by atoms with Crippen LogP contribution in [0.4, 0.5) is 0 Å². The Morgan fingerprint density at radius 2 is 2.20 bits per heavy atom. The molecule has 2 N–H and O–H groups in total. The molecule has 78 valence electrons. The molecule has 0 saturated heterocycles. The Hall–Kier alpha value is -2.31. The van der Waals surface area contributed by atoms with Crippen molar-refractivity contribution in [3.8, 4) is 0 Å². The van der Waals surface area contributed by atoms with Gasteiger partial charge in [-0.3, -0.25) is 10.1 Å². The van der Waals surface area contributed by atoms with Gasteiger partial charge in [-0.1, -0.05) is 0 Å². The van der Waals surface area contributed by atoms with Crippen molar-refractivity contribution >= 4 is 11.7 Å². The number of aliphatic hydroxyl groups excluding tert-OH is 1. The molecule has 0 aromatic rings. The number of nitrogens with zero attached hydrogens (tertiary/aromatic N) is 3. The topological polar surface area (TPSA) is 137 Å². The fourth-order valence-corrected chi connectivity index (χ4v) is 1.08. The second kappa shape index (κ2) is 3.82. The second-order valence-electron chi connectivity index (χ2n) is 2.62. The van der Waals surface area contributed by atoms with Crippen LogP contribution in [0.3, 0.4) is 0 Å². The summed E-state index contributed by atoms with van der Waals surface area (Å²) in [5.41, 5.74) is 6.66. The predicted molar refractivity (Wildman–Crippen MR) is 45.4 cm³/mol. The van der Waals surface area contributed by atoms with Gasteiger partial charge < -0.3 is 15.7 Å². The van der Waals surface area contributed by atoms with E-state index in [1.807, 2.05) is 0 Å². The van der Waals surface area contributed by atoms with Gasteiger partial charge in [-0.05, 0) is 6.08 Å². The monoisotopic (exact) mass is 211 g/mol. The van der Waals surface area contributed by atoms with Crippen molar-refractivity contribution in [3.05, 3.63) is 39.1 Å². The molecular weight excluding hydrogens is 206 g/mol. The molecule has 1 unspecified atom stereocenters. The number of carboxylic acid groups (broad SMARTS) is 1. The van der Waals surface area contributed by atoms with E-state index in [9.17, 15) is 20.0 Å². The van der Waals surface area contributed by atoms with E-state index in [-0.39, 0.29) is 0 Å². The van der Waals surface area contributed by atoms with Gasteiger partial charge in [-0.2, -0.15) is 4.79 Å². The van der Waals surface area contributed by atoms with Gasteiger partial charge in [-0.15, -0.1) is 0 Å². The Balaban J connectivity index is 3.30. The standard InChI is InChI=1S/C7H5N3O5/c8-9-5-3(7(12)13)1-2-4(6(5)11)10(14)15/h1-2,6,11H,(H,12,13). The molecule has 0 amide bonds.